The van der Waals surface area contributed by atoms with E-state index >= 15 is 0 Å². The van der Waals surface area contributed by atoms with E-state index in [1.165, 1.54) is 23.2 Å². The molecule has 0 unspecified atom stereocenters. The van der Waals surface area contributed by atoms with Gasteiger partial charge >= 0.3 is 12.1 Å². The van der Waals surface area contributed by atoms with E-state index in [0.717, 1.165) is 5.56 Å². The van der Waals surface area contributed by atoms with Gasteiger partial charge in [0.05, 0.1) is 35.9 Å². The fourth-order valence-corrected chi connectivity index (χ4v) is 5.65. The van der Waals surface area contributed by atoms with Crippen molar-refractivity contribution in [3.05, 3.63) is 71.9 Å². The molecule has 0 N–H and O–H groups in total. The molecule has 2 amide bonds. The fraction of sp³-hybridized carbons (Fsp3) is 0.367. The van der Waals surface area contributed by atoms with Gasteiger partial charge in [-0.3, -0.25) is 9.69 Å². The summed E-state index contributed by atoms with van der Waals surface area (Å²) in [7, 11) is 3.26. The summed E-state index contributed by atoms with van der Waals surface area (Å²) in [5, 5.41) is 0. The first-order valence-corrected chi connectivity index (χ1v) is 13.7. The molecule has 0 saturated carbocycles. The minimum Gasteiger partial charge on any atom is -0.458 e. The standard InChI is InChI=1S/C30H31FN6O5/c1-18-33-25-12-20(31)11-23-24-9-10-32-29(34-24)42-21-13-26(28(38)35(2)14-22(40-3)16-36(18)27(23)25)37(15-21)30(39)41-17-19-7-5-4-6-8-19/h4-12,21-22,26H,13-17H2,1-3H3/t21-,22-,26-/m0/s1. The van der Waals surface area contributed by atoms with Gasteiger partial charge in [0.2, 0.25) is 5.91 Å². The third-order valence-corrected chi connectivity index (χ3v) is 7.74. The largest absolute Gasteiger partial charge is 0.458 e. The summed E-state index contributed by atoms with van der Waals surface area (Å²) in [4.78, 5) is 43.4. The number of aryl methyl sites for hydroxylation is 1. The maximum absolute atomic E-state index is 14.7. The topological polar surface area (TPSA) is 112 Å². The Kier molecular flexibility index (Phi) is 7.46. The van der Waals surface area contributed by atoms with Crippen LogP contribution in [-0.4, -0.2) is 86.8 Å². The number of benzene rings is 2. The Labute approximate surface area is 241 Å². The number of fused-ring (bicyclic) bond motifs is 5. The molecule has 0 spiro atoms. The number of halogens is 1. The number of amides is 2. The zero-order valence-corrected chi connectivity index (χ0v) is 23.6. The molecule has 2 aromatic heterocycles. The molecule has 6 rings (SSSR count). The molecule has 42 heavy (non-hydrogen) atoms. The van der Waals surface area contributed by atoms with Crippen LogP contribution in [0.2, 0.25) is 0 Å². The Morgan fingerprint density at radius 1 is 1.12 bits per heavy atom. The molecular formula is C30H31FN6O5. The van der Waals surface area contributed by atoms with Gasteiger partial charge in [-0.25, -0.2) is 19.2 Å². The van der Waals surface area contributed by atoms with Crippen molar-refractivity contribution in [1.82, 2.24) is 29.3 Å². The normalized spacial score (nSPS) is 20.7. The van der Waals surface area contributed by atoms with E-state index in [2.05, 4.69) is 15.0 Å². The van der Waals surface area contributed by atoms with Crippen LogP contribution in [0.1, 0.15) is 17.8 Å². The number of hydrogen-bond acceptors (Lipinski definition) is 8. The number of carbonyl (C=O) groups is 2. The monoisotopic (exact) mass is 574 g/mol. The highest BCUT2D eigenvalue weighted by molar-refractivity contribution is 5.92. The van der Waals surface area contributed by atoms with E-state index in [4.69, 9.17) is 14.2 Å². The number of ether oxygens (including phenoxy) is 3. The molecule has 11 nitrogen and oxygen atoms in total. The number of carbonyl (C=O) groups excluding carboxylic acids is 2. The van der Waals surface area contributed by atoms with Crippen LogP contribution >= 0.6 is 0 Å². The van der Waals surface area contributed by atoms with Gasteiger partial charge in [0.25, 0.3) is 0 Å². The number of imidazole rings is 1. The van der Waals surface area contributed by atoms with Crippen LogP contribution in [0.4, 0.5) is 9.18 Å². The fourth-order valence-electron chi connectivity index (χ4n) is 5.65. The SMILES string of the molecule is CO[C@H]1CN(C)C(=O)[C@@H]2C[C@@H](CN2C(=O)OCc2ccccc2)Oc2nccc(n2)-c2cc(F)cc3nc(C)n(c23)C1. The molecule has 2 aliphatic heterocycles. The number of likely N-dealkylation sites (tertiary alicyclic amines) is 1. The molecule has 12 heteroatoms. The Balaban J connectivity index is 1.37. The smallest absolute Gasteiger partial charge is 0.410 e. The Morgan fingerprint density at radius 2 is 1.93 bits per heavy atom. The lowest BCUT2D eigenvalue weighted by Crippen LogP contribution is -2.49. The van der Waals surface area contributed by atoms with Crippen molar-refractivity contribution in [3.8, 4) is 17.3 Å². The van der Waals surface area contributed by atoms with Crippen LogP contribution in [0.3, 0.4) is 0 Å². The molecule has 0 radical (unpaired) electrons. The van der Waals surface area contributed by atoms with Crippen molar-refractivity contribution in [1.29, 1.82) is 0 Å². The van der Waals surface area contributed by atoms with Gasteiger partial charge in [-0.15, -0.1) is 0 Å². The molecule has 4 aromatic rings. The van der Waals surface area contributed by atoms with Crippen molar-refractivity contribution in [3.63, 3.8) is 0 Å². The van der Waals surface area contributed by atoms with E-state index in [1.807, 2.05) is 41.8 Å². The lowest BCUT2D eigenvalue weighted by molar-refractivity contribution is -0.136. The average Bonchev–Trinajstić information content (AvgIpc) is 3.54. The summed E-state index contributed by atoms with van der Waals surface area (Å²) >= 11 is 0. The highest BCUT2D eigenvalue weighted by Gasteiger charge is 2.43. The highest BCUT2D eigenvalue weighted by Crippen LogP contribution is 2.32. The predicted octanol–water partition coefficient (Wildman–Crippen LogP) is 3.59. The number of aromatic nitrogens is 4. The van der Waals surface area contributed by atoms with Crippen molar-refractivity contribution < 1.29 is 28.2 Å². The summed E-state index contributed by atoms with van der Waals surface area (Å²) in [5.41, 5.74) is 2.99. The lowest BCUT2D eigenvalue weighted by Gasteiger charge is -2.29. The van der Waals surface area contributed by atoms with Crippen LogP contribution < -0.4 is 4.74 Å². The number of rotatable bonds is 3. The van der Waals surface area contributed by atoms with Gasteiger partial charge in [-0.05, 0) is 24.6 Å². The van der Waals surface area contributed by atoms with Crippen molar-refractivity contribution in [2.45, 2.75) is 44.7 Å². The van der Waals surface area contributed by atoms with Gasteiger partial charge in [0, 0.05) is 44.9 Å². The summed E-state index contributed by atoms with van der Waals surface area (Å²) < 4.78 is 34.2. The molecule has 4 heterocycles. The van der Waals surface area contributed by atoms with Gasteiger partial charge in [0.15, 0.2) is 0 Å². The van der Waals surface area contributed by atoms with E-state index in [1.54, 1.807) is 25.1 Å². The first kappa shape index (κ1) is 27.6. The predicted molar refractivity (Wildman–Crippen MR) is 150 cm³/mol. The molecule has 1 saturated heterocycles. The Bertz CT molecular complexity index is 1630. The lowest BCUT2D eigenvalue weighted by atomic mass is 10.1. The third kappa shape index (κ3) is 5.37. The van der Waals surface area contributed by atoms with E-state index in [-0.39, 0.29) is 38.0 Å². The zero-order chi connectivity index (χ0) is 29.4. The Hall–Kier alpha value is -4.58. The minimum absolute atomic E-state index is 0.0568. The summed E-state index contributed by atoms with van der Waals surface area (Å²) in [6.07, 6.45) is 0.148. The first-order chi connectivity index (χ1) is 20.3. The second-order valence-corrected chi connectivity index (χ2v) is 10.6. The zero-order valence-electron chi connectivity index (χ0n) is 23.6. The summed E-state index contributed by atoms with van der Waals surface area (Å²) in [6.45, 7) is 2.61. The average molecular weight is 575 g/mol. The molecule has 3 atom stereocenters. The maximum atomic E-state index is 14.7. The number of nitrogens with zero attached hydrogens (tertiary/aromatic N) is 6. The minimum atomic E-state index is -0.818. The third-order valence-electron chi connectivity index (χ3n) is 7.74. The quantitative estimate of drug-likeness (QED) is 0.365. The van der Waals surface area contributed by atoms with Crippen LogP contribution in [-0.2, 0) is 27.4 Å². The van der Waals surface area contributed by atoms with Gasteiger partial charge in [-0.2, -0.15) is 4.98 Å². The first-order valence-electron chi connectivity index (χ1n) is 13.7. The second kappa shape index (κ2) is 11.4. The number of methoxy groups -OCH3 is 1. The van der Waals surface area contributed by atoms with Crippen molar-refractivity contribution in [2.75, 3.05) is 27.2 Å². The highest BCUT2D eigenvalue weighted by atomic mass is 19.1. The molecule has 218 valence electrons. The molecule has 2 aromatic carbocycles. The summed E-state index contributed by atoms with van der Waals surface area (Å²) in [6, 6.07) is 13.1. The molecule has 4 bridgehead atoms. The molecule has 0 aliphatic carbocycles. The van der Waals surface area contributed by atoms with Gasteiger partial charge < -0.3 is 23.7 Å². The Morgan fingerprint density at radius 3 is 2.71 bits per heavy atom. The van der Waals surface area contributed by atoms with E-state index in [9.17, 15) is 14.0 Å². The number of hydrogen-bond donors (Lipinski definition) is 0. The molecular weight excluding hydrogens is 543 g/mol. The van der Waals surface area contributed by atoms with Crippen LogP contribution in [0.15, 0.2) is 54.7 Å². The number of likely N-dealkylation sites (N-methyl/N-ethyl adjacent to an activating group) is 1. The van der Waals surface area contributed by atoms with Gasteiger partial charge in [0.1, 0.15) is 30.4 Å². The van der Waals surface area contributed by atoms with Crippen LogP contribution in [0.5, 0.6) is 6.01 Å². The van der Waals surface area contributed by atoms with E-state index < -0.39 is 30.2 Å². The van der Waals surface area contributed by atoms with Crippen LogP contribution in [0.25, 0.3) is 22.3 Å². The maximum Gasteiger partial charge on any atom is 0.410 e. The summed E-state index contributed by atoms with van der Waals surface area (Å²) in [5.74, 6) is -0.0495. The molecule has 2 aliphatic rings. The molecule has 1 fully saturated rings. The van der Waals surface area contributed by atoms with Crippen molar-refractivity contribution >= 4 is 23.0 Å². The van der Waals surface area contributed by atoms with E-state index in [0.29, 0.717) is 34.7 Å². The van der Waals surface area contributed by atoms with Crippen molar-refractivity contribution in [2.24, 2.45) is 0 Å². The van der Waals surface area contributed by atoms with Gasteiger partial charge in [-0.1, -0.05) is 30.3 Å². The second-order valence-electron chi connectivity index (χ2n) is 10.6. The van der Waals surface area contributed by atoms with Crippen LogP contribution in [0, 0.1) is 12.7 Å².